The van der Waals surface area contributed by atoms with Crippen LogP contribution in [0.15, 0.2) is 36.4 Å². The van der Waals surface area contributed by atoms with Crippen LogP contribution in [0, 0.1) is 10.1 Å². The Hall–Kier alpha value is -3.34. The molecular formula is C17H11ClF3NO7. The largest absolute Gasteiger partial charge is 0.481 e. The monoisotopic (exact) mass is 433 g/mol. The summed E-state index contributed by atoms with van der Waals surface area (Å²) < 4.78 is 49.6. The Balaban J connectivity index is 2.38. The summed E-state index contributed by atoms with van der Waals surface area (Å²) in [5, 5.41) is 18.5. The number of carbonyl (C=O) groups excluding carboxylic acids is 1. The molecule has 1 N–H and O–H groups in total. The lowest BCUT2D eigenvalue weighted by Crippen LogP contribution is -2.17. The van der Waals surface area contributed by atoms with E-state index in [1.807, 2.05) is 0 Å². The van der Waals surface area contributed by atoms with Crippen molar-refractivity contribution >= 4 is 29.2 Å². The molecule has 2 aromatic carbocycles. The molecule has 0 radical (unpaired) electrons. The zero-order valence-electron chi connectivity index (χ0n) is 14.2. The SMILES string of the molecule is O=C(O)CCOC(=O)c1c(C(F)(F)F)ccc(Oc2ccc([N+](=O)[O-])cc2)c1Cl. The lowest BCUT2D eigenvalue weighted by molar-refractivity contribution is -0.384. The quantitative estimate of drug-likeness (QED) is 0.382. The second-order valence-corrected chi connectivity index (χ2v) is 5.81. The second-order valence-electron chi connectivity index (χ2n) is 5.43. The van der Waals surface area contributed by atoms with Gasteiger partial charge in [-0.1, -0.05) is 11.6 Å². The third-order valence-electron chi connectivity index (χ3n) is 3.44. The number of benzene rings is 2. The number of nitro benzene ring substituents is 1. The summed E-state index contributed by atoms with van der Waals surface area (Å²) in [5.74, 6) is -3.10. The molecule has 154 valence electrons. The minimum Gasteiger partial charge on any atom is -0.481 e. The Morgan fingerprint density at radius 1 is 1.14 bits per heavy atom. The first-order chi connectivity index (χ1) is 13.5. The van der Waals surface area contributed by atoms with Gasteiger partial charge in [-0.2, -0.15) is 13.2 Å². The molecule has 0 aliphatic carbocycles. The van der Waals surface area contributed by atoms with Gasteiger partial charge < -0.3 is 14.6 Å². The lowest BCUT2D eigenvalue weighted by Gasteiger charge is -2.16. The van der Waals surface area contributed by atoms with Crippen LogP contribution in [0.3, 0.4) is 0 Å². The number of nitrogens with zero attached hydrogens (tertiary/aromatic N) is 1. The van der Waals surface area contributed by atoms with Crippen molar-refractivity contribution in [1.82, 2.24) is 0 Å². The van der Waals surface area contributed by atoms with E-state index in [9.17, 15) is 32.9 Å². The van der Waals surface area contributed by atoms with Crippen LogP contribution in [0.1, 0.15) is 22.3 Å². The van der Waals surface area contributed by atoms with Gasteiger partial charge in [0.1, 0.15) is 18.1 Å². The molecule has 2 rings (SSSR count). The normalized spacial score (nSPS) is 11.0. The topological polar surface area (TPSA) is 116 Å². The average molecular weight is 434 g/mol. The van der Waals surface area contributed by atoms with Crippen LogP contribution in [-0.4, -0.2) is 28.6 Å². The summed E-state index contributed by atoms with van der Waals surface area (Å²) in [4.78, 5) is 32.6. The van der Waals surface area contributed by atoms with E-state index in [1.165, 1.54) is 12.1 Å². The Morgan fingerprint density at radius 3 is 2.28 bits per heavy atom. The third kappa shape index (κ3) is 5.57. The molecule has 0 amide bonds. The number of carbonyl (C=O) groups is 2. The van der Waals surface area contributed by atoms with Crippen LogP contribution >= 0.6 is 11.6 Å². The van der Waals surface area contributed by atoms with E-state index in [0.717, 1.165) is 18.2 Å². The number of carboxylic acid groups (broad SMARTS) is 1. The molecule has 12 heteroatoms. The second kappa shape index (κ2) is 8.78. The first-order valence-electron chi connectivity index (χ1n) is 7.71. The molecule has 0 saturated heterocycles. The molecule has 0 aliphatic heterocycles. The molecule has 0 aliphatic rings. The van der Waals surface area contributed by atoms with Crippen molar-refractivity contribution < 1.29 is 42.3 Å². The number of nitro groups is 1. The molecule has 8 nitrogen and oxygen atoms in total. The molecule has 0 bridgehead atoms. The van der Waals surface area contributed by atoms with Gasteiger partial charge in [0, 0.05) is 12.1 Å². The standard InChI is InChI=1S/C17H11ClF3NO7/c18-15-12(29-10-3-1-9(2-4-10)22(26)27)6-5-11(17(19,20)21)14(15)16(25)28-8-7-13(23)24/h1-6H,7-8H2,(H,23,24). The molecule has 0 aromatic heterocycles. The van der Waals surface area contributed by atoms with Crippen molar-refractivity contribution in [1.29, 1.82) is 0 Å². The molecule has 0 heterocycles. The maximum atomic E-state index is 13.3. The Labute approximate surface area is 165 Å². The van der Waals surface area contributed by atoms with E-state index in [2.05, 4.69) is 4.74 Å². The van der Waals surface area contributed by atoms with Crippen molar-refractivity contribution in [2.45, 2.75) is 12.6 Å². The summed E-state index contributed by atoms with van der Waals surface area (Å²) in [6.07, 6.45) is -5.56. The fourth-order valence-electron chi connectivity index (χ4n) is 2.14. The van der Waals surface area contributed by atoms with Gasteiger partial charge in [0.2, 0.25) is 0 Å². The molecule has 0 unspecified atom stereocenters. The fourth-order valence-corrected chi connectivity index (χ4v) is 2.42. The van der Waals surface area contributed by atoms with Crippen LogP contribution in [0.2, 0.25) is 5.02 Å². The first kappa shape index (κ1) is 22.0. The Kier molecular flexibility index (Phi) is 6.64. The number of aliphatic carboxylic acids is 1. The molecule has 2 aromatic rings. The van der Waals surface area contributed by atoms with E-state index in [4.69, 9.17) is 21.4 Å². The number of hydrogen-bond donors (Lipinski definition) is 1. The number of carboxylic acids is 1. The van der Waals surface area contributed by atoms with Crippen LogP contribution in [-0.2, 0) is 15.7 Å². The highest BCUT2D eigenvalue weighted by atomic mass is 35.5. The van der Waals surface area contributed by atoms with Crippen molar-refractivity contribution in [3.05, 3.63) is 62.7 Å². The summed E-state index contributed by atoms with van der Waals surface area (Å²) in [5.41, 5.74) is -2.67. The number of esters is 1. The van der Waals surface area contributed by atoms with Gasteiger partial charge in [-0.25, -0.2) is 4.79 Å². The lowest BCUT2D eigenvalue weighted by atomic mass is 10.1. The van der Waals surface area contributed by atoms with E-state index in [0.29, 0.717) is 6.07 Å². The number of hydrogen-bond acceptors (Lipinski definition) is 6. The van der Waals surface area contributed by atoms with Gasteiger partial charge in [0.25, 0.3) is 5.69 Å². The highest BCUT2D eigenvalue weighted by Gasteiger charge is 2.38. The van der Waals surface area contributed by atoms with Gasteiger partial charge in [0.05, 0.1) is 27.5 Å². The minimum absolute atomic E-state index is 0.0162. The van der Waals surface area contributed by atoms with Gasteiger partial charge in [0.15, 0.2) is 0 Å². The molecule has 0 saturated carbocycles. The van der Waals surface area contributed by atoms with Gasteiger partial charge >= 0.3 is 18.1 Å². The number of alkyl halides is 3. The van der Waals surface area contributed by atoms with Crippen LogP contribution in [0.4, 0.5) is 18.9 Å². The number of ether oxygens (including phenoxy) is 2. The maximum absolute atomic E-state index is 13.3. The highest BCUT2D eigenvalue weighted by molar-refractivity contribution is 6.35. The maximum Gasteiger partial charge on any atom is 0.417 e. The Morgan fingerprint density at radius 2 is 1.76 bits per heavy atom. The summed E-state index contributed by atoms with van der Waals surface area (Å²) >= 11 is 5.94. The molecular weight excluding hydrogens is 423 g/mol. The summed E-state index contributed by atoms with van der Waals surface area (Å²) in [6.45, 7) is -0.658. The number of non-ortho nitro benzene ring substituents is 1. The van der Waals surface area contributed by atoms with Crippen molar-refractivity contribution in [3.8, 4) is 11.5 Å². The van der Waals surface area contributed by atoms with Crippen LogP contribution in [0.5, 0.6) is 11.5 Å². The smallest absolute Gasteiger partial charge is 0.417 e. The zero-order valence-corrected chi connectivity index (χ0v) is 15.0. The summed E-state index contributed by atoms with van der Waals surface area (Å²) in [7, 11) is 0. The average Bonchev–Trinajstić information content (AvgIpc) is 2.62. The zero-order chi connectivity index (χ0) is 21.8. The fraction of sp³-hybridized carbons (Fsp3) is 0.176. The Bertz CT molecular complexity index is 945. The highest BCUT2D eigenvalue weighted by Crippen LogP contribution is 2.41. The molecule has 0 atom stereocenters. The first-order valence-corrected chi connectivity index (χ1v) is 8.09. The predicted octanol–water partition coefficient (Wildman–Crippen LogP) is 4.69. The van der Waals surface area contributed by atoms with Gasteiger partial charge in [-0.05, 0) is 24.3 Å². The van der Waals surface area contributed by atoms with E-state index in [1.54, 1.807) is 0 Å². The number of halogens is 4. The number of rotatable bonds is 7. The van der Waals surface area contributed by atoms with Crippen molar-refractivity contribution in [2.75, 3.05) is 6.61 Å². The molecule has 0 fully saturated rings. The van der Waals surface area contributed by atoms with Gasteiger partial charge in [-0.15, -0.1) is 0 Å². The summed E-state index contributed by atoms with van der Waals surface area (Å²) in [6, 6.07) is 6.03. The third-order valence-corrected chi connectivity index (χ3v) is 3.82. The molecule has 0 spiro atoms. The van der Waals surface area contributed by atoms with E-state index < -0.39 is 52.2 Å². The van der Waals surface area contributed by atoms with Crippen molar-refractivity contribution in [2.24, 2.45) is 0 Å². The van der Waals surface area contributed by atoms with Gasteiger partial charge in [-0.3, -0.25) is 14.9 Å². The molecule has 29 heavy (non-hydrogen) atoms. The van der Waals surface area contributed by atoms with Crippen LogP contribution in [0.25, 0.3) is 0 Å². The van der Waals surface area contributed by atoms with E-state index >= 15 is 0 Å². The minimum atomic E-state index is -4.95. The van der Waals surface area contributed by atoms with Crippen molar-refractivity contribution in [3.63, 3.8) is 0 Å². The van der Waals surface area contributed by atoms with Crippen LogP contribution < -0.4 is 4.74 Å². The van der Waals surface area contributed by atoms with E-state index in [-0.39, 0.29) is 17.2 Å². The predicted molar refractivity (Wildman–Crippen MR) is 92.2 cm³/mol.